The number of carbonyl (C=O) groups excluding carboxylic acids is 1. The Morgan fingerprint density at radius 1 is 1.24 bits per heavy atom. The van der Waals surface area contributed by atoms with Crippen LogP contribution in [0.2, 0.25) is 0 Å². The molecule has 1 aromatic carbocycles. The van der Waals surface area contributed by atoms with E-state index >= 15 is 4.39 Å². The van der Waals surface area contributed by atoms with Crippen LogP contribution in [0.5, 0.6) is 0 Å². The number of hydrogen-bond donors (Lipinski definition) is 1. The Labute approximate surface area is 191 Å². The second-order valence-corrected chi connectivity index (χ2v) is 8.81. The standard InChI is InChI=1S/C24H27FN6O2/c1-15-14-33-24(28-15)29-23(32)22-20-11-19(21(25)10-16(20)4-3-7-26-22)17-12-27-31(13-17)18-5-8-30(2)9-6-18/h10-14,18H,3-9H2,1-2H3,(H,28,29,32). The average molecular weight is 451 g/mol. The summed E-state index contributed by atoms with van der Waals surface area (Å²) in [5.74, 6) is -0.735. The summed E-state index contributed by atoms with van der Waals surface area (Å²) in [7, 11) is 2.12. The molecule has 1 amide bonds. The molecule has 4 heterocycles. The first-order valence-corrected chi connectivity index (χ1v) is 11.3. The molecular formula is C24H27FN6O2. The third-order valence-electron chi connectivity index (χ3n) is 6.35. The van der Waals surface area contributed by atoms with Crippen LogP contribution in [0.15, 0.2) is 40.2 Å². The van der Waals surface area contributed by atoms with Crippen molar-refractivity contribution in [3.05, 3.63) is 53.4 Å². The number of aryl methyl sites for hydroxylation is 2. The fourth-order valence-electron chi connectivity index (χ4n) is 4.51. The van der Waals surface area contributed by atoms with Gasteiger partial charge in [0, 0.05) is 29.4 Å². The molecule has 0 atom stereocenters. The van der Waals surface area contributed by atoms with Gasteiger partial charge in [0.1, 0.15) is 17.8 Å². The van der Waals surface area contributed by atoms with E-state index in [0.29, 0.717) is 41.4 Å². The zero-order chi connectivity index (χ0) is 22.9. The Kier molecular flexibility index (Phi) is 5.80. The van der Waals surface area contributed by atoms with Crippen molar-refractivity contribution in [2.45, 2.75) is 38.6 Å². The first-order valence-electron chi connectivity index (χ1n) is 11.3. The first-order chi connectivity index (χ1) is 16.0. The van der Waals surface area contributed by atoms with Crippen molar-refractivity contribution >= 4 is 17.6 Å². The third kappa shape index (κ3) is 4.45. The summed E-state index contributed by atoms with van der Waals surface area (Å²) < 4.78 is 22.4. The molecule has 1 N–H and O–H groups in total. The predicted molar refractivity (Wildman–Crippen MR) is 123 cm³/mol. The highest BCUT2D eigenvalue weighted by molar-refractivity contribution is 6.49. The van der Waals surface area contributed by atoms with Crippen molar-refractivity contribution in [2.24, 2.45) is 4.99 Å². The number of benzene rings is 1. The third-order valence-corrected chi connectivity index (χ3v) is 6.35. The molecule has 2 aliphatic heterocycles. The van der Waals surface area contributed by atoms with Crippen LogP contribution in [0, 0.1) is 12.7 Å². The van der Waals surface area contributed by atoms with Crippen LogP contribution >= 0.6 is 0 Å². The fraction of sp³-hybridized carbons (Fsp3) is 0.417. The maximum absolute atomic E-state index is 15.2. The molecule has 5 rings (SSSR count). The number of piperidine rings is 1. The van der Waals surface area contributed by atoms with E-state index in [1.807, 2.05) is 10.9 Å². The number of anilines is 1. The van der Waals surface area contributed by atoms with Gasteiger partial charge >= 0.3 is 6.01 Å². The van der Waals surface area contributed by atoms with Gasteiger partial charge in [-0.25, -0.2) is 4.39 Å². The van der Waals surface area contributed by atoms with Gasteiger partial charge < -0.3 is 9.32 Å². The minimum Gasteiger partial charge on any atom is -0.432 e. The van der Waals surface area contributed by atoms with Gasteiger partial charge in [0.2, 0.25) is 0 Å². The van der Waals surface area contributed by atoms with E-state index < -0.39 is 5.91 Å². The first kappa shape index (κ1) is 21.5. The van der Waals surface area contributed by atoms with Crippen LogP contribution in [0.4, 0.5) is 10.4 Å². The van der Waals surface area contributed by atoms with E-state index in [1.165, 1.54) is 12.3 Å². The molecule has 3 aromatic rings. The van der Waals surface area contributed by atoms with Crippen LogP contribution in [0.1, 0.15) is 42.1 Å². The second kappa shape index (κ2) is 8.90. The van der Waals surface area contributed by atoms with Gasteiger partial charge in [-0.1, -0.05) is 0 Å². The Morgan fingerprint density at radius 3 is 2.82 bits per heavy atom. The van der Waals surface area contributed by atoms with Crippen molar-refractivity contribution in [3.63, 3.8) is 0 Å². The smallest absolute Gasteiger partial charge is 0.301 e. The molecule has 8 nitrogen and oxygen atoms in total. The number of carbonyl (C=O) groups is 1. The van der Waals surface area contributed by atoms with Gasteiger partial charge in [0.15, 0.2) is 0 Å². The van der Waals surface area contributed by atoms with E-state index in [-0.39, 0.29) is 17.5 Å². The maximum Gasteiger partial charge on any atom is 0.301 e. The Morgan fingerprint density at radius 2 is 2.06 bits per heavy atom. The number of halogens is 1. The number of rotatable bonds is 4. The molecule has 0 bridgehead atoms. The molecule has 0 unspecified atom stereocenters. The van der Waals surface area contributed by atoms with Crippen LogP contribution in [-0.2, 0) is 11.2 Å². The van der Waals surface area contributed by atoms with Crippen LogP contribution < -0.4 is 5.32 Å². The molecule has 0 saturated carbocycles. The van der Waals surface area contributed by atoms with E-state index in [9.17, 15) is 4.79 Å². The predicted octanol–water partition coefficient (Wildman–Crippen LogP) is 3.63. The van der Waals surface area contributed by atoms with Crippen LogP contribution in [0.3, 0.4) is 0 Å². The molecule has 2 aliphatic rings. The van der Waals surface area contributed by atoms with Crippen LogP contribution in [-0.4, -0.2) is 58.0 Å². The number of nitrogens with zero attached hydrogens (tertiary/aromatic N) is 5. The number of fused-ring (bicyclic) bond motifs is 1. The molecule has 172 valence electrons. The molecular weight excluding hydrogens is 423 g/mol. The summed E-state index contributed by atoms with van der Waals surface area (Å²) in [4.78, 5) is 23.9. The van der Waals surface area contributed by atoms with Gasteiger partial charge in [-0.3, -0.25) is 19.8 Å². The highest BCUT2D eigenvalue weighted by Crippen LogP contribution is 2.30. The molecule has 1 fully saturated rings. The van der Waals surface area contributed by atoms with Crippen molar-refractivity contribution in [1.82, 2.24) is 19.7 Å². The maximum atomic E-state index is 15.2. The van der Waals surface area contributed by atoms with Gasteiger partial charge in [-0.15, -0.1) is 0 Å². The highest BCUT2D eigenvalue weighted by atomic mass is 19.1. The zero-order valence-corrected chi connectivity index (χ0v) is 18.8. The lowest BCUT2D eigenvalue weighted by atomic mass is 9.95. The van der Waals surface area contributed by atoms with Gasteiger partial charge in [0.25, 0.3) is 5.91 Å². The summed E-state index contributed by atoms with van der Waals surface area (Å²) in [6, 6.07) is 3.69. The normalized spacial score (nSPS) is 17.4. The highest BCUT2D eigenvalue weighted by Gasteiger charge is 2.25. The number of amides is 1. The van der Waals surface area contributed by atoms with Crippen molar-refractivity contribution < 1.29 is 13.6 Å². The molecule has 0 spiro atoms. The average Bonchev–Trinajstić information content (AvgIpc) is 3.38. The Bertz CT molecular complexity index is 1210. The summed E-state index contributed by atoms with van der Waals surface area (Å²) in [6.07, 6.45) is 8.50. The second-order valence-electron chi connectivity index (χ2n) is 8.81. The lowest BCUT2D eigenvalue weighted by Gasteiger charge is -2.28. The Balaban J connectivity index is 1.46. The van der Waals surface area contributed by atoms with E-state index in [0.717, 1.165) is 37.9 Å². The summed E-state index contributed by atoms with van der Waals surface area (Å²) >= 11 is 0. The Hall–Kier alpha value is -3.33. The minimum absolute atomic E-state index is 0.118. The number of oxazole rings is 1. The largest absolute Gasteiger partial charge is 0.432 e. The molecule has 0 aliphatic carbocycles. The summed E-state index contributed by atoms with van der Waals surface area (Å²) in [5.41, 5.74) is 3.45. The number of aliphatic imine (C=N–C) groups is 1. The van der Waals surface area contributed by atoms with E-state index in [1.54, 1.807) is 19.2 Å². The van der Waals surface area contributed by atoms with Crippen LogP contribution in [0.25, 0.3) is 11.1 Å². The quantitative estimate of drug-likeness (QED) is 0.656. The summed E-state index contributed by atoms with van der Waals surface area (Å²) in [5, 5.41) is 7.19. The SMILES string of the molecule is Cc1coc(NC(=O)C2=NCCCc3cc(F)c(-c4cnn(C5CCN(C)CC5)c4)cc32)n1. The topological polar surface area (TPSA) is 88.6 Å². The van der Waals surface area contributed by atoms with Gasteiger partial charge in [-0.05, 0) is 70.4 Å². The number of nitrogens with one attached hydrogen (secondary N) is 1. The molecule has 9 heteroatoms. The minimum atomic E-state index is -0.417. The van der Waals surface area contributed by atoms with Crippen molar-refractivity contribution in [2.75, 3.05) is 32.0 Å². The van der Waals surface area contributed by atoms with Crippen molar-refractivity contribution in [1.29, 1.82) is 0 Å². The van der Waals surface area contributed by atoms with Crippen molar-refractivity contribution in [3.8, 4) is 11.1 Å². The fourth-order valence-corrected chi connectivity index (χ4v) is 4.51. The number of hydrogen-bond acceptors (Lipinski definition) is 6. The van der Waals surface area contributed by atoms with Gasteiger partial charge in [0.05, 0.1) is 17.9 Å². The monoisotopic (exact) mass is 450 g/mol. The summed E-state index contributed by atoms with van der Waals surface area (Å²) in [6.45, 7) is 4.31. The number of aromatic nitrogens is 3. The van der Waals surface area contributed by atoms with E-state index in [4.69, 9.17) is 4.42 Å². The van der Waals surface area contributed by atoms with Gasteiger partial charge in [-0.2, -0.15) is 10.1 Å². The molecule has 2 aromatic heterocycles. The zero-order valence-electron chi connectivity index (χ0n) is 18.8. The lowest BCUT2D eigenvalue weighted by molar-refractivity contribution is -0.110. The molecule has 33 heavy (non-hydrogen) atoms. The molecule has 0 radical (unpaired) electrons. The molecule has 1 saturated heterocycles. The number of likely N-dealkylation sites (tertiary alicyclic amines) is 1. The lowest BCUT2D eigenvalue weighted by Crippen LogP contribution is -2.31. The van der Waals surface area contributed by atoms with E-state index in [2.05, 4.69) is 32.3 Å².